The van der Waals surface area contributed by atoms with Crippen LogP contribution in [0.2, 0.25) is 0 Å². The van der Waals surface area contributed by atoms with Crippen molar-refractivity contribution in [3.8, 4) is 0 Å². The lowest BCUT2D eigenvalue weighted by Gasteiger charge is -2.28. The fourth-order valence-corrected chi connectivity index (χ4v) is 3.23. The molecule has 3 nitrogen and oxygen atoms in total. The van der Waals surface area contributed by atoms with E-state index in [4.69, 9.17) is 5.73 Å². The third-order valence-corrected chi connectivity index (χ3v) is 4.23. The van der Waals surface area contributed by atoms with E-state index in [0.717, 1.165) is 30.7 Å². The van der Waals surface area contributed by atoms with Crippen molar-refractivity contribution in [1.29, 1.82) is 0 Å². The maximum Gasteiger partial charge on any atom is 0.151 e. The molecule has 0 spiro atoms. The summed E-state index contributed by atoms with van der Waals surface area (Å²) in [5, 5.41) is 0. The second kappa shape index (κ2) is 4.93. The van der Waals surface area contributed by atoms with Crippen molar-refractivity contribution in [1.82, 2.24) is 9.55 Å². The van der Waals surface area contributed by atoms with Gasteiger partial charge in [0, 0.05) is 18.5 Å². The highest BCUT2D eigenvalue weighted by molar-refractivity contribution is 5.76. The Labute approximate surface area is 112 Å². The molecule has 1 aliphatic rings. The van der Waals surface area contributed by atoms with E-state index in [1.807, 2.05) is 6.07 Å². The van der Waals surface area contributed by atoms with E-state index in [1.165, 1.54) is 18.9 Å². The number of hydrogen-bond acceptors (Lipinski definition) is 2. The molecule has 0 aliphatic heterocycles. The van der Waals surface area contributed by atoms with Crippen molar-refractivity contribution < 1.29 is 4.39 Å². The summed E-state index contributed by atoms with van der Waals surface area (Å²) in [6.45, 7) is 2.88. The van der Waals surface area contributed by atoms with E-state index in [-0.39, 0.29) is 17.8 Å². The van der Waals surface area contributed by atoms with Crippen LogP contribution in [0, 0.1) is 5.82 Å². The van der Waals surface area contributed by atoms with Gasteiger partial charge in [-0.3, -0.25) is 0 Å². The molecule has 1 heterocycles. The van der Waals surface area contributed by atoms with E-state index in [9.17, 15) is 4.39 Å². The van der Waals surface area contributed by atoms with Crippen LogP contribution in [0.1, 0.15) is 44.3 Å². The summed E-state index contributed by atoms with van der Waals surface area (Å²) < 4.78 is 16.0. The van der Waals surface area contributed by atoms with E-state index in [0.29, 0.717) is 5.52 Å². The van der Waals surface area contributed by atoms with Gasteiger partial charge in [0.05, 0.1) is 5.52 Å². The van der Waals surface area contributed by atoms with Gasteiger partial charge in [0.15, 0.2) is 5.82 Å². The van der Waals surface area contributed by atoms with Crippen LogP contribution >= 0.6 is 0 Å². The highest BCUT2D eigenvalue weighted by Gasteiger charge is 2.28. The molecule has 0 radical (unpaired) electrons. The van der Waals surface area contributed by atoms with Gasteiger partial charge in [0.1, 0.15) is 11.3 Å². The molecule has 1 aliphatic carbocycles. The maximum atomic E-state index is 13.9. The van der Waals surface area contributed by atoms with Gasteiger partial charge in [-0.25, -0.2) is 9.37 Å². The molecule has 2 N–H and O–H groups in total. The van der Waals surface area contributed by atoms with Crippen LogP contribution in [0.15, 0.2) is 18.2 Å². The van der Waals surface area contributed by atoms with Gasteiger partial charge >= 0.3 is 0 Å². The van der Waals surface area contributed by atoms with Gasteiger partial charge in [-0.05, 0) is 31.9 Å². The predicted molar refractivity (Wildman–Crippen MR) is 74.5 cm³/mol. The van der Waals surface area contributed by atoms with Crippen molar-refractivity contribution in [2.45, 2.75) is 51.1 Å². The normalized spacial score (nSPS) is 23.9. The van der Waals surface area contributed by atoms with Gasteiger partial charge in [0.2, 0.25) is 0 Å². The van der Waals surface area contributed by atoms with E-state index < -0.39 is 0 Å². The molecule has 1 fully saturated rings. The Morgan fingerprint density at radius 2 is 2.16 bits per heavy atom. The lowest BCUT2D eigenvalue weighted by Crippen LogP contribution is -2.33. The van der Waals surface area contributed by atoms with E-state index in [1.54, 1.807) is 6.07 Å². The van der Waals surface area contributed by atoms with Crippen molar-refractivity contribution >= 4 is 11.0 Å². The third-order valence-electron chi connectivity index (χ3n) is 4.23. The molecule has 2 unspecified atom stereocenters. The average molecular weight is 261 g/mol. The number of nitrogens with two attached hydrogens (primary N) is 1. The summed E-state index contributed by atoms with van der Waals surface area (Å²) in [5.41, 5.74) is 7.62. The number of benzene rings is 1. The third kappa shape index (κ3) is 2.04. The van der Waals surface area contributed by atoms with Crippen LogP contribution in [0.5, 0.6) is 0 Å². The Bertz CT molecular complexity index is 590. The van der Waals surface area contributed by atoms with Crippen LogP contribution in [0.25, 0.3) is 11.0 Å². The molecule has 3 rings (SSSR count). The highest BCUT2D eigenvalue weighted by Crippen LogP contribution is 2.33. The highest BCUT2D eigenvalue weighted by atomic mass is 19.1. The number of aromatic nitrogens is 2. The van der Waals surface area contributed by atoms with Crippen LogP contribution in [0.4, 0.5) is 4.39 Å². The minimum atomic E-state index is -0.240. The second-order valence-corrected chi connectivity index (χ2v) is 5.38. The molecule has 4 heteroatoms. The Morgan fingerprint density at radius 1 is 1.37 bits per heavy atom. The monoisotopic (exact) mass is 261 g/mol. The first kappa shape index (κ1) is 12.6. The molecule has 1 aromatic carbocycles. The predicted octanol–water partition coefficient (Wildman–Crippen LogP) is 3.18. The van der Waals surface area contributed by atoms with E-state index >= 15 is 0 Å². The lowest BCUT2D eigenvalue weighted by molar-refractivity contribution is 0.366. The number of para-hydroxylation sites is 1. The first-order chi connectivity index (χ1) is 9.22. The molecule has 2 aromatic rings. The van der Waals surface area contributed by atoms with Gasteiger partial charge in [-0.1, -0.05) is 18.9 Å². The SMILES string of the molecule is CCn1c(C2CCCCC2N)nc2c(F)cccc21. The standard InChI is InChI=1S/C15H20FN3/c1-2-19-13-9-5-7-11(16)14(13)18-15(19)10-6-3-4-8-12(10)17/h5,7,9-10,12H,2-4,6,8,17H2,1H3. The van der Waals surface area contributed by atoms with Gasteiger partial charge in [-0.15, -0.1) is 0 Å². The summed E-state index contributed by atoms with van der Waals surface area (Å²) in [5.74, 6) is 0.991. The van der Waals surface area contributed by atoms with Crippen LogP contribution in [0.3, 0.4) is 0 Å². The van der Waals surface area contributed by atoms with Crippen molar-refractivity contribution in [3.05, 3.63) is 29.8 Å². The largest absolute Gasteiger partial charge is 0.328 e. The van der Waals surface area contributed by atoms with Crippen LogP contribution in [-0.2, 0) is 6.54 Å². The number of hydrogen-bond donors (Lipinski definition) is 1. The summed E-state index contributed by atoms with van der Waals surface area (Å²) >= 11 is 0. The number of fused-ring (bicyclic) bond motifs is 1. The first-order valence-electron chi connectivity index (χ1n) is 7.12. The van der Waals surface area contributed by atoms with Crippen LogP contribution < -0.4 is 5.73 Å². The Hall–Kier alpha value is -1.42. The van der Waals surface area contributed by atoms with Crippen molar-refractivity contribution in [2.75, 3.05) is 0 Å². The molecule has 19 heavy (non-hydrogen) atoms. The fraction of sp³-hybridized carbons (Fsp3) is 0.533. The first-order valence-corrected chi connectivity index (χ1v) is 7.12. The Kier molecular flexibility index (Phi) is 3.27. The zero-order valence-electron chi connectivity index (χ0n) is 11.3. The molecule has 102 valence electrons. The fourth-order valence-electron chi connectivity index (χ4n) is 3.23. The molecule has 2 atom stereocenters. The number of nitrogens with zero attached hydrogens (tertiary/aromatic N) is 2. The minimum Gasteiger partial charge on any atom is -0.328 e. The average Bonchev–Trinajstić information content (AvgIpc) is 2.79. The number of halogens is 1. The van der Waals surface area contributed by atoms with Gasteiger partial charge < -0.3 is 10.3 Å². The van der Waals surface area contributed by atoms with Crippen molar-refractivity contribution in [2.24, 2.45) is 5.73 Å². The summed E-state index contributed by atoms with van der Waals surface area (Å²) in [7, 11) is 0. The van der Waals surface area contributed by atoms with Gasteiger partial charge in [0.25, 0.3) is 0 Å². The summed E-state index contributed by atoms with van der Waals surface area (Å²) in [6.07, 6.45) is 4.48. The Balaban J connectivity index is 2.14. The number of rotatable bonds is 2. The van der Waals surface area contributed by atoms with Crippen LogP contribution in [-0.4, -0.2) is 15.6 Å². The molecular weight excluding hydrogens is 241 g/mol. The zero-order valence-corrected chi connectivity index (χ0v) is 11.3. The summed E-state index contributed by atoms with van der Waals surface area (Å²) in [4.78, 5) is 4.57. The maximum absolute atomic E-state index is 13.9. The molecular formula is C15H20FN3. The molecule has 1 saturated carbocycles. The van der Waals surface area contributed by atoms with E-state index in [2.05, 4.69) is 16.5 Å². The van der Waals surface area contributed by atoms with Gasteiger partial charge in [-0.2, -0.15) is 0 Å². The second-order valence-electron chi connectivity index (χ2n) is 5.38. The minimum absolute atomic E-state index is 0.152. The molecule has 0 saturated heterocycles. The number of imidazole rings is 1. The summed E-state index contributed by atoms with van der Waals surface area (Å²) in [6, 6.07) is 5.31. The Morgan fingerprint density at radius 3 is 2.89 bits per heavy atom. The molecule has 1 aromatic heterocycles. The number of aryl methyl sites for hydroxylation is 1. The topological polar surface area (TPSA) is 43.8 Å². The van der Waals surface area contributed by atoms with Crippen molar-refractivity contribution in [3.63, 3.8) is 0 Å². The molecule has 0 amide bonds. The smallest absolute Gasteiger partial charge is 0.151 e. The zero-order chi connectivity index (χ0) is 13.4. The lowest BCUT2D eigenvalue weighted by atomic mass is 9.84. The quantitative estimate of drug-likeness (QED) is 0.902. The molecule has 0 bridgehead atoms.